The maximum absolute atomic E-state index is 11.2. The van der Waals surface area contributed by atoms with Crippen molar-refractivity contribution in [2.24, 2.45) is 0 Å². The van der Waals surface area contributed by atoms with Crippen LogP contribution in [0.4, 0.5) is 10.7 Å². The number of nitrogens with one attached hydrogen (secondary N) is 1. The standard InChI is InChI=1S/C8H8N2O6/c1-2-15-8(12)9-7(11)5-3-4-6(16-5)10(13)14/h3-4H,2H2,1H3,(H,9,11,12). The minimum absolute atomic E-state index is 0.109. The molecule has 0 bridgehead atoms. The van der Waals surface area contributed by atoms with Gasteiger partial charge in [0, 0.05) is 0 Å². The minimum atomic E-state index is -0.938. The Balaban J connectivity index is 2.66. The summed E-state index contributed by atoms with van der Waals surface area (Å²) in [6.07, 6.45) is -0.938. The Hall–Kier alpha value is -2.38. The van der Waals surface area contributed by atoms with E-state index >= 15 is 0 Å². The third-order valence-electron chi connectivity index (χ3n) is 1.49. The topological polar surface area (TPSA) is 112 Å². The molecule has 2 amide bonds. The highest BCUT2D eigenvalue weighted by atomic mass is 16.6. The van der Waals surface area contributed by atoms with Crippen molar-refractivity contribution in [3.8, 4) is 0 Å². The van der Waals surface area contributed by atoms with E-state index in [1.807, 2.05) is 5.32 Å². The number of carbonyl (C=O) groups excluding carboxylic acids is 2. The molecule has 1 rings (SSSR count). The number of amides is 2. The molecule has 0 aromatic carbocycles. The van der Waals surface area contributed by atoms with Crippen molar-refractivity contribution in [1.82, 2.24) is 5.32 Å². The van der Waals surface area contributed by atoms with Gasteiger partial charge in [-0.05, 0) is 13.0 Å². The van der Waals surface area contributed by atoms with Crippen LogP contribution in [0, 0.1) is 10.1 Å². The van der Waals surface area contributed by atoms with E-state index in [1.54, 1.807) is 6.92 Å². The number of carbonyl (C=O) groups is 2. The van der Waals surface area contributed by atoms with E-state index in [4.69, 9.17) is 0 Å². The summed E-state index contributed by atoms with van der Waals surface area (Å²) in [5, 5.41) is 12.1. The van der Waals surface area contributed by atoms with Gasteiger partial charge in [-0.25, -0.2) is 4.79 Å². The Labute approximate surface area is 89.3 Å². The molecule has 1 heterocycles. The van der Waals surface area contributed by atoms with Crippen LogP contribution in [0.15, 0.2) is 16.5 Å². The summed E-state index contributed by atoms with van der Waals surface area (Å²) in [6.45, 7) is 1.68. The van der Waals surface area contributed by atoms with Crippen LogP contribution in [-0.2, 0) is 4.74 Å². The lowest BCUT2D eigenvalue weighted by Crippen LogP contribution is -2.30. The molecular formula is C8H8N2O6. The summed E-state index contributed by atoms with van der Waals surface area (Å²) in [5.41, 5.74) is 0. The first-order valence-electron chi connectivity index (χ1n) is 4.27. The molecule has 0 spiro atoms. The fourth-order valence-corrected chi connectivity index (χ4v) is 0.869. The summed E-state index contributed by atoms with van der Waals surface area (Å²) in [5.74, 6) is -1.81. The van der Waals surface area contributed by atoms with Crippen LogP contribution in [-0.4, -0.2) is 23.5 Å². The Morgan fingerprint density at radius 2 is 2.25 bits per heavy atom. The van der Waals surface area contributed by atoms with Gasteiger partial charge in [0.2, 0.25) is 0 Å². The molecule has 1 aromatic rings. The van der Waals surface area contributed by atoms with Gasteiger partial charge in [-0.3, -0.25) is 20.2 Å². The van der Waals surface area contributed by atoms with Crippen molar-refractivity contribution in [2.75, 3.05) is 6.61 Å². The molecule has 0 unspecified atom stereocenters. The summed E-state index contributed by atoms with van der Waals surface area (Å²) in [7, 11) is 0. The van der Waals surface area contributed by atoms with Gasteiger partial charge >= 0.3 is 12.0 Å². The first-order valence-corrected chi connectivity index (χ1v) is 4.27. The lowest BCUT2D eigenvalue weighted by atomic mass is 10.4. The normalized spacial score (nSPS) is 9.56. The van der Waals surface area contributed by atoms with Crippen LogP contribution in [0.2, 0.25) is 0 Å². The lowest BCUT2D eigenvalue weighted by molar-refractivity contribution is -0.402. The molecular weight excluding hydrogens is 220 g/mol. The fraction of sp³-hybridized carbons (Fsp3) is 0.250. The molecule has 0 fully saturated rings. The number of imide groups is 1. The molecule has 0 saturated carbocycles. The van der Waals surface area contributed by atoms with Gasteiger partial charge in [-0.1, -0.05) is 0 Å². The van der Waals surface area contributed by atoms with Crippen molar-refractivity contribution >= 4 is 17.9 Å². The van der Waals surface area contributed by atoms with Crippen LogP contribution in [0.5, 0.6) is 0 Å². The van der Waals surface area contributed by atoms with E-state index in [-0.39, 0.29) is 12.4 Å². The lowest BCUT2D eigenvalue weighted by Gasteiger charge is -2.00. The summed E-state index contributed by atoms with van der Waals surface area (Å²) < 4.78 is 9.01. The first-order chi connectivity index (χ1) is 7.54. The zero-order valence-electron chi connectivity index (χ0n) is 8.26. The molecule has 8 nitrogen and oxygen atoms in total. The average Bonchev–Trinajstić information content (AvgIpc) is 2.66. The second kappa shape index (κ2) is 4.91. The van der Waals surface area contributed by atoms with Gasteiger partial charge in [0.05, 0.1) is 12.7 Å². The molecule has 1 aromatic heterocycles. The van der Waals surface area contributed by atoms with Crippen molar-refractivity contribution in [3.05, 3.63) is 28.0 Å². The van der Waals surface area contributed by atoms with Crippen LogP contribution >= 0.6 is 0 Å². The maximum Gasteiger partial charge on any atom is 0.433 e. The molecule has 1 N–H and O–H groups in total. The summed E-state index contributed by atoms with van der Waals surface area (Å²) in [4.78, 5) is 31.5. The summed E-state index contributed by atoms with van der Waals surface area (Å²) >= 11 is 0. The maximum atomic E-state index is 11.2. The molecule has 86 valence electrons. The molecule has 16 heavy (non-hydrogen) atoms. The van der Waals surface area contributed by atoms with Crippen molar-refractivity contribution in [3.63, 3.8) is 0 Å². The number of hydrogen-bond acceptors (Lipinski definition) is 6. The Morgan fingerprint density at radius 1 is 1.56 bits per heavy atom. The Morgan fingerprint density at radius 3 is 2.75 bits per heavy atom. The van der Waals surface area contributed by atoms with E-state index < -0.39 is 22.8 Å². The quantitative estimate of drug-likeness (QED) is 0.611. The Kier molecular flexibility index (Phi) is 3.59. The zero-order chi connectivity index (χ0) is 12.1. The number of alkyl carbamates (subject to hydrolysis) is 1. The first kappa shape index (κ1) is 11.7. The molecule has 0 aliphatic carbocycles. The summed E-state index contributed by atoms with van der Waals surface area (Å²) in [6, 6.07) is 2.10. The molecule has 0 atom stereocenters. The number of nitrogens with zero attached hydrogens (tertiary/aromatic N) is 1. The van der Waals surface area contributed by atoms with Crippen LogP contribution in [0.1, 0.15) is 17.5 Å². The average molecular weight is 228 g/mol. The van der Waals surface area contributed by atoms with E-state index in [0.717, 1.165) is 12.1 Å². The highest BCUT2D eigenvalue weighted by molar-refractivity contribution is 6.01. The SMILES string of the molecule is CCOC(=O)NC(=O)c1ccc([N+](=O)[O-])o1. The molecule has 0 aliphatic rings. The van der Waals surface area contributed by atoms with E-state index in [9.17, 15) is 19.7 Å². The largest absolute Gasteiger partial charge is 0.450 e. The van der Waals surface area contributed by atoms with Crippen LogP contribution < -0.4 is 5.32 Å². The zero-order valence-corrected chi connectivity index (χ0v) is 8.26. The number of hydrogen-bond donors (Lipinski definition) is 1. The van der Waals surface area contributed by atoms with E-state index in [1.165, 1.54) is 0 Å². The number of rotatable bonds is 3. The van der Waals surface area contributed by atoms with E-state index in [2.05, 4.69) is 9.15 Å². The van der Waals surface area contributed by atoms with Gasteiger partial charge in [0.25, 0.3) is 5.91 Å². The predicted molar refractivity (Wildman–Crippen MR) is 49.9 cm³/mol. The van der Waals surface area contributed by atoms with Crippen molar-refractivity contribution in [2.45, 2.75) is 6.92 Å². The van der Waals surface area contributed by atoms with Crippen LogP contribution in [0.25, 0.3) is 0 Å². The van der Waals surface area contributed by atoms with E-state index in [0.29, 0.717) is 0 Å². The van der Waals surface area contributed by atoms with Gasteiger partial charge in [0.1, 0.15) is 4.92 Å². The third-order valence-corrected chi connectivity index (χ3v) is 1.49. The molecule has 0 radical (unpaired) electrons. The predicted octanol–water partition coefficient (Wildman–Crippen LogP) is 1.07. The number of furan rings is 1. The van der Waals surface area contributed by atoms with Crippen molar-refractivity contribution < 1.29 is 23.7 Å². The highest BCUT2D eigenvalue weighted by Crippen LogP contribution is 2.15. The molecule has 0 saturated heterocycles. The van der Waals surface area contributed by atoms with Gasteiger partial charge in [-0.15, -0.1) is 0 Å². The molecule has 0 aliphatic heterocycles. The smallest absolute Gasteiger partial charge is 0.433 e. The van der Waals surface area contributed by atoms with Crippen molar-refractivity contribution in [1.29, 1.82) is 0 Å². The Bertz CT molecular complexity index is 424. The van der Waals surface area contributed by atoms with Crippen LogP contribution in [0.3, 0.4) is 0 Å². The minimum Gasteiger partial charge on any atom is -0.450 e. The second-order valence-corrected chi connectivity index (χ2v) is 2.57. The van der Waals surface area contributed by atoms with Gasteiger partial charge in [-0.2, -0.15) is 0 Å². The monoisotopic (exact) mass is 228 g/mol. The fourth-order valence-electron chi connectivity index (χ4n) is 0.869. The number of ether oxygens (including phenoxy) is 1. The molecule has 8 heteroatoms. The highest BCUT2D eigenvalue weighted by Gasteiger charge is 2.19. The van der Waals surface area contributed by atoms with Gasteiger partial charge < -0.3 is 9.15 Å². The number of nitro groups is 1. The third kappa shape index (κ3) is 2.80. The van der Waals surface area contributed by atoms with Gasteiger partial charge in [0.15, 0.2) is 5.76 Å². The second-order valence-electron chi connectivity index (χ2n) is 2.57.